The zero-order valence-electron chi connectivity index (χ0n) is 36.1. The Morgan fingerprint density at radius 2 is 1.03 bits per heavy atom. The zero-order chi connectivity index (χ0) is 41.7. The fourth-order valence-electron chi connectivity index (χ4n) is 14.4. The average molecular weight is 811 g/mol. The molecular weight excluding hydrogens is 761 g/mol. The van der Waals surface area contributed by atoms with Crippen LogP contribution in [-0.4, -0.2) is 4.57 Å². The Labute approximate surface area is 370 Å². The molecule has 5 aliphatic rings. The highest BCUT2D eigenvalue weighted by Crippen LogP contribution is 2.84. The van der Waals surface area contributed by atoms with Crippen LogP contribution in [0.25, 0.3) is 60.9 Å². The molecule has 2 bridgehead atoms. The maximum absolute atomic E-state index is 2.58. The van der Waals surface area contributed by atoms with Gasteiger partial charge in [0.05, 0.1) is 16.7 Å². The number of rotatable bonds is 7. The van der Waals surface area contributed by atoms with Crippen LogP contribution in [0.3, 0.4) is 0 Å². The number of benzene rings is 8. The second-order valence-electron chi connectivity index (χ2n) is 20.3. The largest absolute Gasteiger partial charge is 0.310 e. The van der Waals surface area contributed by atoms with Crippen LogP contribution in [0.15, 0.2) is 188 Å². The smallest absolute Gasteiger partial charge is 0.0541 e. The molecule has 2 heteroatoms. The van der Waals surface area contributed by atoms with Crippen LogP contribution < -0.4 is 4.90 Å². The van der Waals surface area contributed by atoms with E-state index in [1.54, 1.807) is 5.56 Å². The van der Waals surface area contributed by atoms with Crippen molar-refractivity contribution >= 4 is 38.9 Å². The molecule has 0 amide bonds. The van der Waals surface area contributed by atoms with Crippen molar-refractivity contribution in [3.8, 4) is 39.1 Å². The van der Waals surface area contributed by atoms with E-state index in [1.807, 2.05) is 0 Å². The van der Waals surface area contributed by atoms with Crippen LogP contribution >= 0.6 is 0 Å². The van der Waals surface area contributed by atoms with Gasteiger partial charge in [-0.15, -0.1) is 0 Å². The molecule has 0 saturated heterocycles. The summed E-state index contributed by atoms with van der Waals surface area (Å²) in [5, 5.41) is 2.56. The highest BCUT2D eigenvalue weighted by atomic mass is 15.1. The van der Waals surface area contributed by atoms with Crippen LogP contribution in [0.1, 0.15) is 62.6 Å². The first-order chi connectivity index (χ1) is 30.9. The van der Waals surface area contributed by atoms with E-state index >= 15 is 0 Å². The van der Waals surface area contributed by atoms with Crippen molar-refractivity contribution in [2.75, 3.05) is 4.90 Å². The molecule has 4 saturated carbocycles. The molecule has 1 heterocycles. The van der Waals surface area contributed by atoms with Crippen molar-refractivity contribution in [3.05, 3.63) is 205 Å². The Morgan fingerprint density at radius 1 is 0.460 bits per heavy atom. The number of hydrogen-bond acceptors (Lipinski definition) is 1. The third-order valence-electron chi connectivity index (χ3n) is 17.3. The molecule has 1 spiro atoms. The lowest BCUT2D eigenvalue weighted by Gasteiger charge is -2.66. The molecule has 304 valence electrons. The minimum atomic E-state index is -0.0729. The van der Waals surface area contributed by atoms with Crippen LogP contribution in [0.5, 0.6) is 0 Å². The van der Waals surface area contributed by atoms with Crippen molar-refractivity contribution in [1.29, 1.82) is 0 Å². The van der Waals surface area contributed by atoms with Crippen LogP contribution in [0.2, 0.25) is 0 Å². The second-order valence-corrected chi connectivity index (χ2v) is 20.3. The van der Waals surface area contributed by atoms with Crippen LogP contribution in [-0.2, 0) is 10.8 Å². The van der Waals surface area contributed by atoms with Gasteiger partial charge in [-0.05, 0) is 160 Å². The van der Waals surface area contributed by atoms with Gasteiger partial charge in [-0.3, -0.25) is 0 Å². The van der Waals surface area contributed by atoms with Gasteiger partial charge in [0.1, 0.15) is 0 Å². The van der Waals surface area contributed by atoms with E-state index in [2.05, 4.69) is 211 Å². The average Bonchev–Trinajstić information content (AvgIpc) is 4.01. The Bertz CT molecular complexity index is 3260. The first-order valence-corrected chi connectivity index (χ1v) is 23.3. The number of para-hydroxylation sites is 3. The second kappa shape index (κ2) is 12.7. The number of anilines is 3. The summed E-state index contributed by atoms with van der Waals surface area (Å²) in [4.78, 5) is 2.53. The van der Waals surface area contributed by atoms with E-state index in [1.165, 1.54) is 121 Å². The molecule has 2 atom stereocenters. The topological polar surface area (TPSA) is 8.17 Å². The minimum absolute atomic E-state index is 0.0729. The van der Waals surface area contributed by atoms with E-state index < -0.39 is 0 Å². The summed E-state index contributed by atoms with van der Waals surface area (Å²) in [5.74, 6) is 2.95. The van der Waals surface area contributed by atoms with E-state index in [4.69, 9.17) is 0 Å². The van der Waals surface area contributed by atoms with Crippen molar-refractivity contribution in [2.24, 2.45) is 23.2 Å². The summed E-state index contributed by atoms with van der Waals surface area (Å²) in [7, 11) is 0. The van der Waals surface area contributed by atoms with Crippen LogP contribution in [0, 0.1) is 23.2 Å². The number of aromatic nitrogens is 1. The highest BCUT2D eigenvalue weighted by Gasteiger charge is 2.77. The van der Waals surface area contributed by atoms with Gasteiger partial charge >= 0.3 is 0 Å². The van der Waals surface area contributed by atoms with E-state index in [0.29, 0.717) is 10.8 Å². The summed E-state index contributed by atoms with van der Waals surface area (Å²) < 4.78 is 2.43. The fraction of sp³-hybridized carbons (Fsp3) is 0.213. The quantitative estimate of drug-likeness (QED) is 0.156. The van der Waals surface area contributed by atoms with Crippen molar-refractivity contribution in [1.82, 2.24) is 4.57 Å². The molecule has 9 aromatic rings. The molecule has 4 fully saturated rings. The lowest BCUT2D eigenvalue weighted by Crippen LogP contribution is -2.59. The molecule has 5 aliphatic carbocycles. The van der Waals surface area contributed by atoms with Gasteiger partial charge in [0.15, 0.2) is 0 Å². The normalized spacial score (nSPS) is 24.1. The third kappa shape index (κ3) is 4.85. The third-order valence-corrected chi connectivity index (χ3v) is 17.3. The Balaban J connectivity index is 0.832. The van der Waals surface area contributed by atoms with E-state index in [9.17, 15) is 0 Å². The van der Waals surface area contributed by atoms with Gasteiger partial charge < -0.3 is 9.47 Å². The van der Waals surface area contributed by atoms with Gasteiger partial charge in [-0.1, -0.05) is 147 Å². The Hall–Kier alpha value is -6.64. The molecule has 2 nitrogen and oxygen atoms in total. The lowest BCUT2D eigenvalue weighted by molar-refractivity contribution is -0.175. The molecule has 14 rings (SSSR count). The molecule has 0 unspecified atom stereocenters. The lowest BCUT2D eigenvalue weighted by atomic mass is 9.38. The van der Waals surface area contributed by atoms with Crippen LogP contribution in [0.4, 0.5) is 17.1 Å². The monoisotopic (exact) mass is 810 g/mol. The van der Waals surface area contributed by atoms with Crippen molar-refractivity contribution in [2.45, 2.75) is 56.8 Å². The Morgan fingerprint density at radius 3 is 1.73 bits per heavy atom. The molecule has 0 aliphatic heterocycles. The zero-order valence-corrected chi connectivity index (χ0v) is 36.1. The maximum Gasteiger partial charge on any atom is 0.0541 e. The number of nitrogens with zero attached hydrogens (tertiary/aromatic N) is 2. The molecule has 8 aromatic carbocycles. The highest BCUT2D eigenvalue weighted by molar-refractivity contribution is 6.09. The van der Waals surface area contributed by atoms with Gasteiger partial charge in [-0.2, -0.15) is 0 Å². The molecule has 0 N–H and O–H groups in total. The summed E-state index contributed by atoms with van der Waals surface area (Å²) in [6.07, 6.45) is 7.20. The van der Waals surface area contributed by atoms with E-state index in [0.717, 1.165) is 17.8 Å². The number of hydrogen-bond donors (Lipinski definition) is 0. The fourth-order valence-corrected chi connectivity index (χ4v) is 14.4. The Kier molecular flexibility index (Phi) is 7.26. The summed E-state index contributed by atoms with van der Waals surface area (Å²) in [5.41, 5.74) is 20.3. The van der Waals surface area contributed by atoms with Gasteiger partial charge in [0, 0.05) is 38.8 Å². The predicted octanol–water partition coefficient (Wildman–Crippen LogP) is 16.0. The first kappa shape index (κ1) is 35.9. The van der Waals surface area contributed by atoms with Gasteiger partial charge in [-0.25, -0.2) is 0 Å². The molecule has 63 heavy (non-hydrogen) atoms. The summed E-state index contributed by atoms with van der Waals surface area (Å²) >= 11 is 0. The van der Waals surface area contributed by atoms with Gasteiger partial charge in [0.2, 0.25) is 0 Å². The van der Waals surface area contributed by atoms with E-state index in [-0.39, 0.29) is 5.41 Å². The van der Waals surface area contributed by atoms with Crippen molar-refractivity contribution < 1.29 is 0 Å². The van der Waals surface area contributed by atoms with Crippen molar-refractivity contribution in [3.63, 3.8) is 0 Å². The molecule has 1 aromatic heterocycles. The number of fused-ring (bicyclic) bond motifs is 7. The minimum Gasteiger partial charge on any atom is -0.310 e. The SMILES string of the molecule is CC1(C)c2ccccc2-c2ccc(N(c3ccc(-c4ccc(-c5ccccc5-n5c6ccccc6c6ccccc65)cc4)cc3)c3cccc(C45C[C@@H]6CC7C[C@@H](C4)C76C5)c3)cc21. The molecule has 0 radical (unpaired) electrons. The summed E-state index contributed by atoms with van der Waals surface area (Å²) in [6.45, 7) is 4.79. The van der Waals surface area contributed by atoms with Gasteiger partial charge in [0.25, 0.3) is 0 Å². The first-order valence-electron chi connectivity index (χ1n) is 23.3. The summed E-state index contributed by atoms with van der Waals surface area (Å²) in [6, 6.07) is 70.8. The standard InChI is InChI=1S/C61H50N2/c1-59(2)54-18-7-3-15-50(54)51-31-30-48(35-55(51)59)62(47-13-11-12-42(34-47)60-36-44-32-43-33-45(37-60)61(43,44)38-60)46-28-26-40(27-29-46)39-22-24-41(25-23-39)49-14-4-8-19-56(49)63-57-20-9-5-16-52(57)53-17-6-10-21-58(53)63/h3-31,34-35,43-45H,32-33,36-38H2,1-2H3/t43?,44-,45-,60?,61?/m0/s1. The maximum atomic E-state index is 2.58. The predicted molar refractivity (Wildman–Crippen MR) is 262 cm³/mol. The molecular formula is C61H50N2.